The maximum Gasteiger partial charge on any atom is 0.294 e. The van der Waals surface area contributed by atoms with Crippen molar-refractivity contribution in [2.75, 3.05) is 37.9 Å². The summed E-state index contributed by atoms with van der Waals surface area (Å²) in [5, 5.41) is 26.8. The highest BCUT2D eigenvalue weighted by molar-refractivity contribution is 7.86. The van der Waals surface area contributed by atoms with Gasteiger partial charge in [0.15, 0.2) is 0 Å². The first-order valence-corrected chi connectivity index (χ1v) is 19.5. The van der Waals surface area contributed by atoms with Crippen molar-refractivity contribution in [1.82, 2.24) is 0 Å². The van der Waals surface area contributed by atoms with E-state index in [9.17, 15) is 25.9 Å². The molecule has 0 atom stereocenters. The zero-order valence-electron chi connectivity index (χ0n) is 29.6. The molecule has 54 heavy (non-hydrogen) atoms. The molecule has 0 amide bonds. The molecule has 0 unspecified atom stereocenters. The second-order valence-corrected chi connectivity index (χ2v) is 14.7. The Morgan fingerprint density at radius 1 is 0.537 bits per heavy atom. The minimum atomic E-state index is -4.45. The Bertz CT molecular complexity index is 2500. The molecule has 6 aromatic rings. The van der Waals surface area contributed by atoms with E-state index < -0.39 is 20.2 Å². The number of fused-ring (bicyclic) bond motifs is 2. The van der Waals surface area contributed by atoms with Gasteiger partial charge in [-0.1, -0.05) is 36.4 Å². The number of benzene rings is 6. The average Bonchev–Trinajstić information content (AvgIpc) is 3.15. The number of hydrogen-bond donors (Lipinski definition) is 4. The summed E-state index contributed by atoms with van der Waals surface area (Å²) in [6.07, 6.45) is 0. The molecule has 0 aromatic heterocycles. The van der Waals surface area contributed by atoms with E-state index in [2.05, 4.69) is 31.1 Å². The van der Waals surface area contributed by atoms with Crippen LogP contribution >= 0.6 is 0 Å². The second kappa shape index (κ2) is 15.6. The third kappa shape index (κ3) is 8.01. The fourth-order valence-corrected chi connectivity index (χ4v) is 6.87. The zero-order valence-corrected chi connectivity index (χ0v) is 31.2. The molecule has 0 radical (unpaired) electrons. The molecule has 0 saturated heterocycles. The number of methoxy groups -OCH3 is 2. The van der Waals surface area contributed by atoms with Gasteiger partial charge in [-0.05, 0) is 96.4 Å². The van der Waals surface area contributed by atoms with Gasteiger partial charge in [-0.25, -0.2) is 0 Å². The number of ether oxygens (including phenoxy) is 2. The minimum Gasteiger partial charge on any atom is -0.494 e. The normalized spacial score (nSPS) is 12.2. The lowest BCUT2D eigenvalue weighted by Crippen LogP contribution is -1.99. The molecular weight excluding hydrogens is 733 g/mol. The molecule has 0 aliphatic carbocycles. The zero-order chi connectivity index (χ0) is 38.6. The molecule has 278 valence electrons. The summed E-state index contributed by atoms with van der Waals surface area (Å²) in [4.78, 5) is -0.517. The summed E-state index contributed by atoms with van der Waals surface area (Å²) in [5.74, 6) is 0.832. The molecule has 6 aromatic carbocycles. The van der Waals surface area contributed by atoms with Crippen molar-refractivity contribution in [3.63, 3.8) is 0 Å². The lowest BCUT2D eigenvalue weighted by atomic mass is 10.0. The minimum absolute atomic E-state index is 0.258. The molecule has 16 heteroatoms. The van der Waals surface area contributed by atoms with Gasteiger partial charge in [-0.2, -0.15) is 16.8 Å². The first kappa shape index (κ1) is 37.8. The van der Waals surface area contributed by atoms with Gasteiger partial charge in [0.25, 0.3) is 20.2 Å². The molecule has 0 heterocycles. The molecular formula is C38H36N6O8S2. The van der Waals surface area contributed by atoms with Gasteiger partial charge in [0.2, 0.25) is 0 Å². The molecule has 0 bridgehead atoms. The van der Waals surface area contributed by atoms with Crippen molar-refractivity contribution >= 4 is 75.9 Å². The van der Waals surface area contributed by atoms with Gasteiger partial charge in [-0.3, -0.25) is 9.11 Å². The highest BCUT2D eigenvalue weighted by atomic mass is 32.2. The van der Waals surface area contributed by atoms with Gasteiger partial charge >= 0.3 is 0 Å². The van der Waals surface area contributed by atoms with Crippen molar-refractivity contribution in [3.05, 3.63) is 97.1 Å². The molecule has 6 rings (SSSR count). The van der Waals surface area contributed by atoms with Crippen LogP contribution in [-0.4, -0.2) is 53.3 Å². The van der Waals surface area contributed by atoms with Crippen LogP contribution in [0.15, 0.2) is 127 Å². The van der Waals surface area contributed by atoms with E-state index in [1.807, 2.05) is 50.2 Å². The number of anilines is 2. The Balaban J connectivity index is 1.35. The summed E-state index contributed by atoms with van der Waals surface area (Å²) in [5.41, 5.74) is 4.39. The van der Waals surface area contributed by atoms with Crippen LogP contribution in [0.25, 0.3) is 32.7 Å². The van der Waals surface area contributed by atoms with Crippen LogP contribution in [0.2, 0.25) is 0 Å². The van der Waals surface area contributed by atoms with Gasteiger partial charge in [-0.15, -0.1) is 20.5 Å². The highest BCUT2D eigenvalue weighted by Gasteiger charge is 2.17. The number of azo groups is 2. The van der Waals surface area contributed by atoms with Crippen molar-refractivity contribution in [2.45, 2.75) is 23.6 Å². The smallest absolute Gasteiger partial charge is 0.294 e. The van der Waals surface area contributed by atoms with Crippen LogP contribution in [0.1, 0.15) is 13.8 Å². The topological polar surface area (TPSA) is 201 Å². The second-order valence-electron chi connectivity index (χ2n) is 11.9. The summed E-state index contributed by atoms with van der Waals surface area (Å²) >= 11 is 0. The highest BCUT2D eigenvalue weighted by Crippen LogP contribution is 2.42. The number of nitrogens with one attached hydrogen (secondary N) is 2. The van der Waals surface area contributed by atoms with E-state index in [1.54, 1.807) is 36.4 Å². The molecule has 14 nitrogen and oxygen atoms in total. The van der Waals surface area contributed by atoms with Crippen LogP contribution in [0, 0.1) is 0 Å². The maximum absolute atomic E-state index is 11.9. The number of hydrogen-bond acceptors (Lipinski definition) is 12. The summed E-state index contributed by atoms with van der Waals surface area (Å²) < 4.78 is 78.3. The maximum atomic E-state index is 11.9. The quantitative estimate of drug-likeness (QED) is 0.0647. The lowest BCUT2D eigenvalue weighted by Gasteiger charge is -2.12. The van der Waals surface area contributed by atoms with Gasteiger partial charge in [0.05, 0.1) is 35.4 Å². The van der Waals surface area contributed by atoms with Gasteiger partial charge < -0.3 is 20.1 Å². The Kier molecular flexibility index (Phi) is 10.9. The summed E-state index contributed by atoms with van der Waals surface area (Å²) in [6.45, 7) is 4.99. The van der Waals surface area contributed by atoms with E-state index in [0.29, 0.717) is 80.3 Å². The third-order valence-electron chi connectivity index (χ3n) is 8.47. The molecule has 0 saturated carbocycles. The van der Waals surface area contributed by atoms with Crippen LogP contribution < -0.4 is 20.1 Å². The molecule has 4 N–H and O–H groups in total. The Labute approximate surface area is 312 Å². The Morgan fingerprint density at radius 2 is 0.926 bits per heavy atom. The molecule has 0 aliphatic heterocycles. The van der Waals surface area contributed by atoms with Crippen LogP contribution in [0.4, 0.5) is 34.1 Å². The van der Waals surface area contributed by atoms with E-state index in [4.69, 9.17) is 9.47 Å². The predicted molar refractivity (Wildman–Crippen MR) is 209 cm³/mol. The van der Waals surface area contributed by atoms with Crippen LogP contribution in [-0.2, 0) is 20.2 Å². The van der Waals surface area contributed by atoms with E-state index in [-0.39, 0.29) is 9.79 Å². The summed E-state index contributed by atoms with van der Waals surface area (Å²) in [6, 6.07) is 26.6. The number of rotatable bonds is 13. The third-order valence-corrected chi connectivity index (χ3v) is 10.2. The van der Waals surface area contributed by atoms with E-state index >= 15 is 0 Å². The molecule has 0 spiro atoms. The first-order valence-electron chi connectivity index (χ1n) is 16.6. The van der Waals surface area contributed by atoms with Crippen LogP contribution in [0.5, 0.6) is 11.5 Å². The predicted octanol–water partition coefficient (Wildman–Crippen LogP) is 9.86. The monoisotopic (exact) mass is 768 g/mol. The molecule has 0 aliphatic rings. The Morgan fingerprint density at radius 3 is 1.28 bits per heavy atom. The summed E-state index contributed by atoms with van der Waals surface area (Å²) in [7, 11) is -5.88. The SMILES string of the molecule is CCNc1ccc2ccc(S(=O)(=O)O)cc2c1N=Nc1ccc(-c2ccc(N=Nc3c(NCC)ccc4ccc(S(=O)(=O)O)cc34)c(OC)c2)cc1OC. The van der Waals surface area contributed by atoms with Crippen molar-refractivity contribution in [3.8, 4) is 22.6 Å². The van der Waals surface area contributed by atoms with Gasteiger partial charge in [0.1, 0.15) is 34.2 Å². The standard InChI is InChI=1S/C38H36N6O8S2/c1-5-39-33-17-9-23-7-13-27(53(45,46)47)21-29(23)37(33)43-41-31-15-11-25(19-35(31)51-3)26-12-16-32(36(20-26)52-4)42-44-38-30-22-28(54(48,49)50)14-8-24(30)10-18-34(38)40-6-2/h7-22,39-40H,5-6H2,1-4H3,(H,45,46,47)(H,48,49,50). The Hall–Kier alpha value is -5.94. The average molecular weight is 769 g/mol. The fourth-order valence-electron chi connectivity index (χ4n) is 5.86. The largest absolute Gasteiger partial charge is 0.494 e. The van der Waals surface area contributed by atoms with Crippen LogP contribution in [0.3, 0.4) is 0 Å². The lowest BCUT2D eigenvalue weighted by molar-refractivity contribution is 0.415. The van der Waals surface area contributed by atoms with Gasteiger partial charge in [0, 0.05) is 23.9 Å². The van der Waals surface area contributed by atoms with Crippen molar-refractivity contribution in [2.24, 2.45) is 20.5 Å². The fraction of sp³-hybridized carbons (Fsp3) is 0.158. The first-order chi connectivity index (χ1) is 25.8. The molecule has 0 fully saturated rings. The van der Waals surface area contributed by atoms with Crippen molar-refractivity contribution < 1.29 is 35.4 Å². The van der Waals surface area contributed by atoms with E-state index in [1.165, 1.54) is 38.5 Å². The van der Waals surface area contributed by atoms with E-state index in [0.717, 1.165) is 11.1 Å². The number of nitrogens with zero attached hydrogens (tertiary/aromatic N) is 4. The van der Waals surface area contributed by atoms with Crippen molar-refractivity contribution in [1.29, 1.82) is 0 Å².